The van der Waals surface area contributed by atoms with Crippen molar-refractivity contribution in [1.29, 1.82) is 0 Å². The van der Waals surface area contributed by atoms with E-state index in [0.717, 1.165) is 0 Å². The Morgan fingerprint density at radius 3 is 2.38 bits per heavy atom. The van der Waals surface area contributed by atoms with E-state index in [4.69, 9.17) is 8.92 Å². The summed E-state index contributed by atoms with van der Waals surface area (Å²) in [5.74, 6) is -0.562. The molecular formula is C20H24N2O6S. The van der Waals surface area contributed by atoms with E-state index in [9.17, 15) is 18.0 Å². The van der Waals surface area contributed by atoms with Gasteiger partial charge in [-0.2, -0.15) is 8.42 Å². The molecule has 0 aliphatic carbocycles. The van der Waals surface area contributed by atoms with E-state index < -0.39 is 22.1 Å². The molecule has 1 atom stereocenters. The zero-order valence-corrected chi connectivity index (χ0v) is 17.3. The van der Waals surface area contributed by atoms with Crippen molar-refractivity contribution < 1.29 is 26.9 Å². The van der Waals surface area contributed by atoms with Crippen molar-refractivity contribution in [2.45, 2.75) is 31.7 Å². The standard InChI is InChI=1S/C20H24N2O6S/c1-4-21-19(23)14(3)22-20(24)15-9-8-10-16(13-15)29(25,26)28-18-12-7-6-11-17(18)27-5-2/h6-14H,4-5H2,1-3H3,(H,21,23)(H,22,24)/t14-/m1/s1. The first kappa shape index (κ1) is 22.2. The van der Waals surface area contributed by atoms with E-state index in [2.05, 4.69) is 10.6 Å². The van der Waals surface area contributed by atoms with Gasteiger partial charge in [0.05, 0.1) is 6.61 Å². The summed E-state index contributed by atoms with van der Waals surface area (Å²) in [5.41, 5.74) is 0.0870. The van der Waals surface area contributed by atoms with E-state index in [-0.39, 0.29) is 22.1 Å². The van der Waals surface area contributed by atoms with Crippen molar-refractivity contribution >= 4 is 21.9 Å². The highest BCUT2D eigenvalue weighted by Crippen LogP contribution is 2.29. The van der Waals surface area contributed by atoms with Crippen molar-refractivity contribution in [3.8, 4) is 11.5 Å². The topological polar surface area (TPSA) is 111 Å². The van der Waals surface area contributed by atoms with E-state index in [1.54, 1.807) is 32.0 Å². The maximum atomic E-state index is 12.7. The van der Waals surface area contributed by atoms with E-state index in [1.165, 1.54) is 37.3 Å². The van der Waals surface area contributed by atoms with Crippen LogP contribution >= 0.6 is 0 Å². The van der Waals surface area contributed by atoms with Gasteiger partial charge in [0.1, 0.15) is 10.9 Å². The second-order valence-corrected chi connectivity index (χ2v) is 7.58. The molecule has 0 fully saturated rings. The minimum atomic E-state index is -4.20. The van der Waals surface area contributed by atoms with Crippen LogP contribution in [0.3, 0.4) is 0 Å². The van der Waals surface area contributed by atoms with Crippen molar-refractivity contribution in [2.75, 3.05) is 13.2 Å². The number of para-hydroxylation sites is 2. The van der Waals surface area contributed by atoms with Gasteiger partial charge in [-0.05, 0) is 51.1 Å². The Hall–Kier alpha value is -3.07. The number of rotatable bonds is 9. The lowest BCUT2D eigenvalue weighted by Gasteiger charge is -2.14. The number of ether oxygens (including phenoxy) is 1. The normalized spacial score (nSPS) is 12.0. The summed E-state index contributed by atoms with van der Waals surface area (Å²) in [7, 11) is -4.20. The molecule has 0 spiro atoms. The molecule has 0 saturated heterocycles. The first-order valence-electron chi connectivity index (χ1n) is 9.13. The molecule has 0 heterocycles. The molecular weight excluding hydrogens is 396 g/mol. The third-order valence-electron chi connectivity index (χ3n) is 3.83. The van der Waals surface area contributed by atoms with Gasteiger partial charge in [0, 0.05) is 12.1 Å². The van der Waals surface area contributed by atoms with Crippen LogP contribution in [-0.2, 0) is 14.9 Å². The summed E-state index contributed by atoms with van der Waals surface area (Å²) >= 11 is 0. The molecule has 2 aromatic carbocycles. The van der Waals surface area contributed by atoms with Crippen molar-refractivity contribution in [3.63, 3.8) is 0 Å². The average molecular weight is 420 g/mol. The largest absolute Gasteiger partial charge is 0.490 e. The highest BCUT2D eigenvalue weighted by Gasteiger charge is 2.22. The summed E-state index contributed by atoms with van der Waals surface area (Å²) in [6, 6.07) is 11.0. The number of carbonyl (C=O) groups is 2. The van der Waals surface area contributed by atoms with Gasteiger partial charge >= 0.3 is 10.1 Å². The van der Waals surface area contributed by atoms with Crippen LogP contribution in [0.2, 0.25) is 0 Å². The van der Waals surface area contributed by atoms with Crippen LogP contribution in [-0.4, -0.2) is 39.4 Å². The second kappa shape index (κ2) is 9.92. The maximum absolute atomic E-state index is 12.7. The highest BCUT2D eigenvalue weighted by molar-refractivity contribution is 7.87. The van der Waals surface area contributed by atoms with E-state index in [1.807, 2.05) is 0 Å². The molecule has 0 unspecified atom stereocenters. The lowest BCUT2D eigenvalue weighted by Crippen LogP contribution is -2.44. The molecule has 2 rings (SSSR count). The molecule has 8 nitrogen and oxygen atoms in total. The van der Waals surface area contributed by atoms with Gasteiger partial charge in [-0.15, -0.1) is 0 Å². The molecule has 9 heteroatoms. The minimum absolute atomic E-state index is 0.0501. The first-order chi connectivity index (χ1) is 13.8. The van der Waals surface area contributed by atoms with Crippen LogP contribution in [0.15, 0.2) is 53.4 Å². The number of hydrogen-bond acceptors (Lipinski definition) is 6. The molecule has 2 amide bonds. The molecule has 0 bridgehead atoms. The quantitative estimate of drug-likeness (QED) is 0.601. The average Bonchev–Trinajstić information content (AvgIpc) is 2.69. The number of carbonyl (C=O) groups excluding carboxylic acids is 2. The summed E-state index contributed by atoms with van der Waals surface area (Å²) in [6.07, 6.45) is 0. The lowest BCUT2D eigenvalue weighted by atomic mass is 10.2. The highest BCUT2D eigenvalue weighted by atomic mass is 32.2. The maximum Gasteiger partial charge on any atom is 0.339 e. The zero-order chi connectivity index (χ0) is 21.4. The first-order valence-corrected chi connectivity index (χ1v) is 10.5. The summed E-state index contributed by atoms with van der Waals surface area (Å²) in [4.78, 5) is 24.0. The zero-order valence-electron chi connectivity index (χ0n) is 16.5. The number of hydrogen-bond donors (Lipinski definition) is 2. The molecule has 0 saturated carbocycles. The van der Waals surface area contributed by atoms with Gasteiger partial charge in [-0.25, -0.2) is 0 Å². The van der Waals surface area contributed by atoms with Crippen molar-refractivity contribution in [3.05, 3.63) is 54.1 Å². The van der Waals surface area contributed by atoms with Crippen molar-refractivity contribution in [1.82, 2.24) is 10.6 Å². The molecule has 2 aromatic rings. The third kappa shape index (κ3) is 5.95. The minimum Gasteiger partial charge on any atom is -0.490 e. The van der Waals surface area contributed by atoms with Gasteiger partial charge in [0.15, 0.2) is 11.5 Å². The Morgan fingerprint density at radius 2 is 1.72 bits per heavy atom. The molecule has 0 aliphatic heterocycles. The van der Waals surface area contributed by atoms with Crippen LogP contribution in [0.4, 0.5) is 0 Å². The summed E-state index contributed by atoms with van der Waals surface area (Å²) in [5, 5.41) is 5.13. The number of benzene rings is 2. The Balaban J connectivity index is 2.21. The summed E-state index contributed by atoms with van der Waals surface area (Å²) < 4.78 is 35.9. The van der Waals surface area contributed by atoms with Gasteiger partial charge in [-0.3, -0.25) is 9.59 Å². The Kier molecular flexibility index (Phi) is 7.60. The third-order valence-corrected chi connectivity index (χ3v) is 5.06. The van der Waals surface area contributed by atoms with Crippen LogP contribution in [0.25, 0.3) is 0 Å². The van der Waals surface area contributed by atoms with Crippen LogP contribution in [0.1, 0.15) is 31.1 Å². The number of nitrogens with one attached hydrogen (secondary N) is 2. The van der Waals surface area contributed by atoms with E-state index >= 15 is 0 Å². The molecule has 29 heavy (non-hydrogen) atoms. The molecule has 0 aliphatic rings. The Bertz CT molecular complexity index is 974. The molecule has 0 radical (unpaired) electrons. The molecule has 2 N–H and O–H groups in total. The fourth-order valence-electron chi connectivity index (χ4n) is 2.43. The number of likely N-dealkylation sites (N-methyl/N-ethyl adjacent to an activating group) is 1. The fraction of sp³-hybridized carbons (Fsp3) is 0.300. The predicted molar refractivity (Wildman–Crippen MR) is 107 cm³/mol. The van der Waals surface area contributed by atoms with Crippen LogP contribution < -0.4 is 19.6 Å². The Morgan fingerprint density at radius 1 is 1.03 bits per heavy atom. The van der Waals surface area contributed by atoms with Gasteiger partial charge in [0.25, 0.3) is 5.91 Å². The van der Waals surface area contributed by atoms with E-state index in [0.29, 0.717) is 18.9 Å². The lowest BCUT2D eigenvalue weighted by molar-refractivity contribution is -0.122. The molecule has 156 valence electrons. The SMILES string of the molecule is CCNC(=O)[C@@H](C)NC(=O)c1cccc(S(=O)(=O)Oc2ccccc2OCC)c1. The second-order valence-electron chi connectivity index (χ2n) is 6.03. The Labute approximate surface area is 170 Å². The predicted octanol–water partition coefficient (Wildman–Crippen LogP) is 2.11. The van der Waals surface area contributed by atoms with Gasteiger partial charge < -0.3 is 19.6 Å². The smallest absolute Gasteiger partial charge is 0.339 e. The fourth-order valence-corrected chi connectivity index (χ4v) is 3.41. The monoisotopic (exact) mass is 420 g/mol. The summed E-state index contributed by atoms with van der Waals surface area (Å²) in [6.45, 7) is 5.87. The van der Waals surface area contributed by atoms with Crippen LogP contribution in [0, 0.1) is 0 Å². The van der Waals surface area contributed by atoms with Crippen LogP contribution in [0.5, 0.6) is 11.5 Å². The molecule has 0 aromatic heterocycles. The van der Waals surface area contributed by atoms with Crippen molar-refractivity contribution in [2.24, 2.45) is 0 Å². The number of amides is 2. The van der Waals surface area contributed by atoms with Gasteiger partial charge in [-0.1, -0.05) is 18.2 Å². The van der Waals surface area contributed by atoms with Gasteiger partial charge in [0.2, 0.25) is 5.91 Å².